The molecular formula is C13H22N4O. The maximum atomic E-state index is 5.69. The summed E-state index contributed by atoms with van der Waals surface area (Å²) in [6, 6.07) is 0.472. The van der Waals surface area contributed by atoms with Crippen molar-refractivity contribution in [2.45, 2.75) is 32.5 Å². The van der Waals surface area contributed by atoms with Crippen LogP contribution in [0.2, 0.25) is 0 Å². The number of morpholine rings is 1. The summed E-state index contributed by atoms with van der Waals surface area (Å²) in [5, 5.41) is 3.35. The minimum atomic E-state index is 0.0101. The van der Waals surface area contributed by atoms with Crippen molar-refractivity contribution in [3.05, 3.63) is 23.8 Å². The summed E-state index contributed by atoms with van der Waals surface area (Å²) in [6.07, 6.45) is 3.78. The molecule has 5 heteroatoms. The van der Waals surface area contributed by atoms with Crippen LogP contribution in [0.1, 0.15) is 31.3 Å². The lowest BCUT2D eigenvalue weighted by Gasteiger charge is -2.28. The van der Waals surface area contributed by atoms with E-state index in [2.05, 4.69) is 41.1 Å². The van der Waals surface area contributed by atoms with Gasteiger partial charge in [0.05, 0.1) is 6.61 Å². The Morgan fingerprint density at radius 1 is 1.44 bits per heavy atom. The van der Waals surface area contributed by atoms with Crippen LogP contribution in [0, 0.1) is 0 Å². The summed E-state index contributed by atoms with van der Waals surface area (Å²) in [5.41, 5.74) is 1.11. The first-order valence-corrected chi connectivity index (χ1v) is 6.49. The van der Waals surface area contributed by atoms with Crippen molar-refractivity contribution >= 4 is 0 Å². The quantitative estimate of drug-likeness (QED) is 0.863. The van der Waals surface area contributed by atoms with E-state index in [1.807, 2.05) is 12.4 Å². The van der Waals surface area contributed by atoms with E-state index in [0.717, 1.165) is 37.6 Å². The van der Waals surface area contributed by atoms with Gasteiger partial charge in [0.2, 0.25) is 0 Å². The molecule has 0 radical (unpaired) electrons. The Labute approximate surface area is 109 Å². The van der Waals surface area contributed by atoms with E-state index in [0.29, 0.717) is 6.04 Å². The van der Waals surface area contributed by atoms with Gasteiger partial charge in [-0.15, -0.1) is 0 Å². The van der Waals surface area contributed by atoms with Crippen LogP contribution in [0.5, 0.6) is 0 Å². The summed E-state index contributed by atoms with van der Waals surface area (Å²) in [6.45, 7) is 7.66. The zero-order valence-corrected chi connectivity index (χ0v) is 11.4. The van der Waals surface area contributed by atoms with E-state index in [9.17, 15) is 0 Å². The van der Waals surface area contributed by atoms with Crippen molar-refractivity contribution in [1.29, 1.82) is 0 Å². The number of aromatic nitrogens is 2. The second kappa shape index (κ2) is 6.22. The van der Waals surface area contributed by atoms with E-state index < -0.39 is 0 Å². The topological polar surface area (TPSA) is 50.3 Å². The Bertz CT molecular complexity index is 366. The molecule has 1 atom stereocenters. The molecule has 1 fully saturated rings. The largest absolute Gasteiger partial charge is 0.368 e. The molecule has 100 valence electrons. The maximum Gasteiger partial charge on any atom is 0.158 e. The van der Waals surface area contributed by atoms with Crippen molar-refractivity contribution in [1.82, 2.24) is 20.2 Å². The van der Waals surface area contributed by atoms with Gasteiger partial charge in [0.1, 0.15) is 6.10 Å². The third kappa shape index (κ3) is 3.73. The third-order valence-electron chi connectivity index (χ3n) is 3.00. The zero-order valence-electron chi connectivity index (χ0n) is 11.4. The van der Waals surface area contributed by atoms with Crippen LogP contribution in [0.3, 0.4) is 0 Å². The first-order chi connectivity index (χ1) is 8.65. The fourth-order valence-corrected chi connectivity index (χ4v) is 1.88. The number of nitrogens with one attached hydrogen (secondary N) is 1. The number of hydrogen-bond acceptors (Lipinski definition) is 5. The Balaban J connectivity index is 1.94. The van der Waals surface area contributed by atoms with Gasteiger partial charge in [-0.1, -0.05) is 13.8 Å². The highest BCUT2D eigenvalue weighted by Crippen LogP contribution is 2.17. The second-order valence-electron chi connectivity index (χ2n) is 5.11. The molecule has 18 heavy (non-hydrogen) atoms. The highest BCUT2D eigenvalue weighted by Gasteiger charge is 2.21. The minimum absolute atomic E-state index is 0.0101. The number of ether oxygens (including phenoxy) is 1. The lowest BCUT2D eigenvalue weighted by molar-refractivity contribution is -0.0255. The molecule has 1 unspecified atom stereocenters. The molecule has 1 aromatic rings. The monoisotopic (exact) mass is 250 g/mol. The van der Waals surface area contributed by atoms with E-state index in [1.165, 1.54) is 0 Å². The average Bonchev–Trinajstić information content (AvgIpc) is 2.37. The van der Waals surface area contributed by atoms with Gasteiger partial charge >= 0.3 is 0 Å². The molecular weight excluding hydrogens is 228 g/mol. The van der Waals surface area contributed by atoms with E-state index >= 15 is 0 Å². The first-order valence-electron chi connectivity index (χ1n) is 6.49. The molecule has 1 aliphatic heterocycles. The van der Waals surface area contributed by atoms with Gasteiger partial charge in [0, 0.05) is 43.6 Å². The van der Waals surface area contributed by atoms with Gasteiger partial charge < -0.3 is 15.0 Å². The van der Waals surface area contributed by atoms with Gasteiger partial charge in [0.25, 0.3) is 0 Å². The SMILES string of the molecule is CC(C)NCc1cnc(C2CN(C)CCO2)nc1. The first kappa shape index (κ1) is 13.4. The molecule has 0 amide bonds. The molecule has 0 saturated carbocycles. The van der Waals surface area contributed by atoms with Crippen LogP contribution in [0.4, 0.5) is 0 Å². The lowest BCUT2D eigenvalue weighted by Crippen LogP contribution is -2.36. The van der Waals surface area contributed by atoms with Crippen molar-refractivity contribution < 1.29 is 4.74 Å². The van der Waals surface area contributed by atoms with E-state index in [-0.39, 0.29) is 6.10 Å². The highest BCUT2D eigenvalue weighted by atomic mass is 16.5. The van der Waals surface area contributed by atoms with Crippen LogP contribution in [-0.2, 0) is 11.3 Å². The molecule has 0 bridgehead atoms. The summed E-state index contributed by atoms with van der Waals surface area (Å²) < 4.78 is 5.69. The number of nitrogens with zero attached hydrogens (tertiary/aromatic N) is 3. The predicted molar refractivity (Wildman–Crippen MR) is 70.2 cm³/mol. The molecule has 2 heterocycles. The van der Waals surface area contributed by atoms with Gasteiger partial charge in [-0.3, -0.25) is 0 Å². The van der Waals surface area contributed by atoms with E-state index in [4.69, 9.17) is 4.74 Å². The fourth-order valence-electron chi connectivity index (χ4n) is 1.88. The van der Waals surface area contributed by atoms with Crippen molar-refractivity contribution in [3.63, 3.8) is 0 Å². The van der Waals surface area contributed by atoms with Gasteiger partial charge in [-0.05, 0) is 7.05 Å². The molecule has 1 aromatic heterocycles. The number of hydrogen-bond donors (Lipinski definition) is 1. The van der Waals surface area contributed by atoms with Crippen LogP contribution in [0.25, 0.3) is 0 Å². The smallest absolute Gasteiger partial charge is 0.158 e. The lowest BCUT2D eigenvalue weighted by atomic mass is 10.2. The Morgan fingerprint density at radius 2 is 2.17 bits per heavy atom. The predicted octanol–water partition coefficient (Wildman–Crippen LogP) is 0.978. The van der Waals surface area contributed by atoms with Crippen molar-refractivity contribution in [3.8, 4) is 0 Å². The molecule has 0 aliphatic carbocycles. The van der Waals surface area contributed by atoms with Gasteiger partial charge in [-0.25, -0.2) is 9.97 Å². The van der Waals surface area contributed by atoms with Crippen molar-refractivity contribution in [2.24, 2.45) is 0 Å². The zero-order chi connectivity index (χ0) is 13.0. The minimum Gasteiger partial charge on any atom is -0.368 e. The van der Waals surface area contributed by atoms with Gasteiger partial charge in [0.15, 0.2) is 5.82 Å². The molecule has 0 spiro atoms. The summed E-state index contributed by atoms with van der Waals surface area (Å²) >= 11 is 0. The third-order valence-corrected chi connectivity index (χ3v) is 3.00. The normalized spacial score (nSPS) is 21.4. The fraction of sp³-hybridized carbons (Fsp3) is 0.692. The second-order valence-corrected chi connectivity index (χ2v) is 5.11. The van der Waals surface area contributed by atoms with Gasteiger partial charge in [-0.2, -0.15) is 0 Å². The Hall–Kier alpha value is -1.04. The standard InChI is InChI=1S/C13H22N4O/c1-10(2)14-6-11-7-15-13(16-8-11)12-9-17(3)4-5-18-12/h7-8,10,12,14H,4-6,9H2,1-3H3. The summed E-state index contributed by atoms with van der Waals surface area (Å²) in [7, 11) is 2.09. The summed E-state index contributed by atoms with van der Waals surface area (Å²) in [5.74, 6) is 0.787. The highest BCUT2D eigenvalue weighted by molar-refractivity contribution is 5.07. The molecule has 1 N–H and O–H groups in total. The molecule has 5 nitrogen and oxygen atoms in total. The van der Waals surface area contributed by atoms with Crippen LogP contribution < -0.4 is 5.32 Å². The number of rotatable bonds is 4. The van der Waals surface area contributed by atoms with Crippen LogP contribution in [0.15, 0.2) is 12.4 Å². The van der Waals surface area contributed by atoms with E-state index in [1.54, 1.807) is 0 Å². The summed E-state index contributed by atoms with van der Waals surface area (Å²) in [4.78, 5) is 11.1. The van der Waals surface area contributed by atoms with Crippen LogP contribution in [-0.4, -0.2) is 47.7 Å². The molecule has 2 rings (SSSR count). The Morgan fingerprint density at radius 3 is 2.78 bits per heavy atom. The Kier molecular flexibility index (Phi) is 4.63. The maximum absolute atomic E-state index is 5.69. The van der Waals surface area contributed by atoms with Crippen LogP contribution >= 0.6 is 0 Å². The number of likely N-dealkylation sites (N-methyl/N-ethyl adjacent to an activating group) is 1. The van der Waals surface area contributed by atoms with Crippen molar-refractivity contribution in [2.75, 3.05) is 26.7 Å². The molecule has 1 saturated heterocycles. The molecule has 0 aromatic carbocycles. The molecule has 1 aliphatic rings. The average molecular weight is 250 g/mol.